The highest BCUT2D eigenvalue weighted by molar-refractivity contribution is 6.31. The van der Waals surface area contributed by atoms with Gasteiger partial charge >= 0.3 is 6.18 Å². The van der Waals surface area contributed by atoms with Crippen LogP contribution in [-0.4, -0.2) is 36.0 Å². The van der Waals surface area contributed by atoms with Gasteiger partial charge in [0.05, 0.1) is 5.56 Å². The molecule has 134 valence electrons. The Morgan fingerprint density at radius 3 is 1.92 bits per heavy atom. The zero-order valence-electron chi connectivity index (χ0n) is 13.8. The van der Waals surface area contributed by atoms with Gasteiger partial charge in [-0.25, -0.2) is 0 Å². The van der Waals surface area contributed by atoms with E-state index in [4.69, 9.17) is 11.6 Å². The lowest BCUT2D eigenvalue weighted by molar-refractivity contribution is -0.137. The summed E-state index contributed by atoms with van der Waals surface area (Å²) in [6.45, 7) is 5.14. The van der Waals surface area contributed by atoms with Crippen molar-refractivity contribution in [2.24, 2.45) is 0 Å². The van der Waals surface area contributed by atoms with E-state index in [1.54, 1.807) is 12.1 Å². The second-order valence-corrected chi connectivity index (χ2v) is 6.75. The van der Waals surface area contributed by atoms with Crippen LogP contribution >= 0.6 is 11.6 Å². The average Bonchev–Trinajstić information content (AvgIpc) is 2.58. The summed E-state index contributed by atoms with van der Waals surface area (Å²) in [5.41, 5.74) is 1.44. The first-order valence-electron chi connectivity index (χ1n) is 8.26. The molecule has 0 radical (unpaired) electrons. The van der Waals surface area contributed by atoms with E-state index in [0.717, 1.165) is 61.0 Å². The number of alkyl halides is 3. The molecule has 0 bridgehead atoms. The maximum absolute atomic E-state index is 12.6. The van der Waals surface area contributed by atoms with Gasteiger partial charge in [-0.2, -0.15) is 13.2 Å². The molecule has 1 aliphatic rings. The number of piperazine rings is 1. The summed E-state index contributed by atoms with van der Waals surface area (Å²) in [6, 6.07) is 13.3. The second kappa shape index (κ2) is 7.77. The van der Waals surface area contributed by atoms with Gasteiger partial charge in [-0.05, 0) is 29.3 Å². The number of hydrogen-bond donors (Lipinski definition) is 0. The molecule has 1 fully saturated rings. The lowest BCUT2D eigenvalue weighted by atomic mass is 10.1. The molecule has 2 nitrogen and oxygen atoms in total. The summed E-state index contributed by atoms with van der Waals surface area (Å²) in [6.07, 6.45) is -4.27. The van der Waals surface area contributed by atoms with Crippen molar-refractivity contribution in [1.82, 2.24) is 9.80 Å². The minimum absolute atomic E-state index is 0.596. The molecule has 1 heterocycles. The Hall–Kier alpha value is -1.56. The van der Waals surface area contributed by atoms with Crippen LogP contribution < -0.4 is 0 Å². The van der Waals surface area contributed by atoms with Gasteiger partial charge in [-0.15, -0.1) is 0 Å². The van der Waals surface area contributed by atoms with Crippen LogP contribution in [0.15, 0.2) is 48.5 Å². The molecule has 0 N–H and O–H groups in total. The summed E-state index contributed by atoms with van der Waals surface area (Å²) >= 11 is 6.21. The Balaban J connectivity index is 1.50. The van der Waals surface area contributed by atoms with E-state index >= 15 is 0 Å². The lowest BCUT2D eigenvalue weighted by Crippen LogP contribution is -2.45. The van der Waals surface area contributed by atoms with E-state index in [2.05, 4.69) is 9.80 Å². The van der Waals surface area contributed by atoms with Crippen LogP contribution in [0.2, 0.25) is 5.02 Å². The number of benzene rings is 2. The molecule has 0 spiro atoms. The van der Waals surface area contributed by atoms with Crippen LogP contribution in [0, 0.1) is 0 Å². The lowest BCUT2D eigenvalue weighted by Gasteiger charge is -2.35. The number of nitrogens with zero attached hydrogens (tertiary/aromatic N) is 2. The molecule has 2 aromatic carbocycles. The molecule has 6 heteroatoms. The normalized spacial score (nSPS) is 17.0. The molecule has 0 aliphatic carbocycles. The highest BCUT2D eigenvalue weighted by Crippen LogP contribution is 2.29. The molecule has 0 saturated carbocycles. The maximum Gasteiger partial charge on any atom is 0.416 e. The van der Waals surface area contributed by atoms with E-state index in [1.807, 2.05) is 24.3 Å². The number of halogens is 4. The van der Waals surface area contributed by atoms with E-state index in [-0.39, 0.29) is 0 Å². The molecular formula is C19H20ClF3N2. The molecule has 1 saturated heterocycles. The van der Waals surface area contributed by atoms with E-state index < -0.39 is 11.7 Å². The first kappa shape index (κ1) is 18.2. The van der Waals surface area contributed by atoms with Crippen molar-refractivity contribution in [1.29, 1.82) is 0 Å². The first-order chi connectivity index (χ1) is 11.9. The quantitative estimate of drug-likeness (QED) is 0.773. The SMILES string of the molecule is FC(F)(F)c1ccc(CN2CCN(Cc3ccccc3Cl)CC2)cc1. The minimum atomic E-state index is -4.27. The topological polar surface area (TPSA) is 6.48 Å². The third-order valence-electron chi connectivity index (χ3n) is 4.50. The van der Waals surface area contributed by atoms with Crippen LogP contribution in [0.5, 0.6) is 0 Å². The average molecular weight is 369 g/mol. The molecule has 1 aliphatic heterocycles. The highest BCUT2D eigenvalue weighted by Gasteiger charge is 2.30. The van der Waals surface area contributed by atoms with Crippen molar-refractivity contribution < 1.29 is 13.2 Å². The van der Waals surface area contributed by atoms with Crippen molar-refractivity contribution in [2.45, 2.75) is 19.3 Å². The summed E-state index contributed by atoms with van der Waals surface area (Å²) < 4.78 is 37.8. The zero-order chi connectivity index (χ0) is 17.9. The van der Waals surface area contributed by atoms with Gasteiger partial charge in [0.25, 0.3) is 0 Å². The van der Waals surface area contributed by atoms with Crippen LogP contribution in [0.25, 0.3) is 0 Å². The van der Waals surface area contributed by atoms with Gasteiger partial charge in [-0.3, -0.25) is 9.80 Å². The first-order valence-corrected chi connectivity index (χ1v) is 8.64. The summed E-state index contributed by atoms with van der Waals surface area (Å²) in [4.78, 5) is 4.62. The Labute approximate surface area is 150 Å². The van der Waals surface area contributed by atoms with E-state index in [9.17, 15) is 13.2 Å². The fourth-order valence-corrected chi connectivity index (χ4v) is 3.23. The van der Waals surface area contributed by atoms with Gasteiger partial charge in [0, 0.05) is 44.3 Å². The smallest absolute Gasteiger partial charge is 0.297 e. The Morgan fingerprint density at radius 1 is 0.800 bits per heavy atom. The fraction of sp³-hybridized carbons (Fsp3) is 0.368. The molecule has 0 amide bonds. The summed E-state index contributed by atoms with van der Waals surface area (Å²) in [7, 11) is 0. The third-order valence-corrected chi connectivity index (χ3v) is 4.87. The van der Waals surface area contributed by atoms with E-state index in [0.29, 0.717) is 6.54 Å². The zero-order valence-corrected chi connectivity index (χ0v) is 14.5. The van der Waals surface area contributed by atoms with Crippen LogP contribution in [0.3, 0.4) is 0 Å². The highest BCUT2D eigenvalue weighted by atomic mass is 35.5. The van der Waals surface area contributed by atoms with Crippen LogP contribution in [0.4, 0.5) is 13.2 Å². The van der Waals surface area contributed by atoms with Crippen LogP contribution in [0.1, 0.15) is 16.7 Å². The Morgan fingerprint density at radius 2 is 1.36 bits per heavy atom. The van der Waals surface area contributed by atoms with Gasteiger partial charge in [0.1, 0.15) is 0 Å². The Bertz CT molecular complexity index is 693. The number of rotatable bonds is 4. The second-order valence-electron chi connectivity index (χ2n) is 6.34. The van der Waals surface area contributed by atoms with Gasteiger partial charge < -0.3 is 0 Å². The van der Waals surface area contributed by atoms with Crippen LogP contribution in [-0.2, 0) is 19.3 Å². The third kappa shape index (κ3) is 4.97. The number of hydrogen-bond acceptors (Lipinski definition) is 2. The van der Waals surface area contributed by atoms with Gasteiger partial charge in [0.2, 0.25) is 0 Å². The summed E-state index contributed by atoms with van der Waals surface area (Å²) in [5.74, 6) is 0. The maximum atomic E-state index is 12.6. The molecule has 0 unspecified atom stereocenters. The van der Waals surface area contributed by atoms with Crippen molar-refractivity contribution in [2.75, 3.05) is 26.2 Å². The van der Waals surface area contributed by atoms with Gasteiger partial charge in [0.15, 0.2) is 0 Å². The molecule has 25 heavy (non-hydrogen) atoms. The molecule has 3 rings (SSSR count). The molecule has 2 aromatic rings. The largest absolute Gasteiger partial charge is 0.416 e. The van der Waals surface area contributed by atoms with E-state index in [1.165, 1.54) is 0 Å². The van der Waals surface area contributed by atoms with Crippen molar-refractivity contribution in [3.05, 3.63) is 70.2 Å². The predicted molar refractivity (Wildman–Crippen MR) is 93.5 cm³/mol. The van der Waals surface area contributed by atoms with Crippen molar-refractivity contribution in [3.8, 4) is 0 Å². The summed E-state index contributed by atoms with van der Waals surface area (Å²) in [5, 5.41) is 0.787. The Kier molecular flexibility index (Phi) is 5.67. The molecule has 0 atom stereocenters. The monoisotopic (exact) mass is 368 g/mol. The predicted octanol–water partition coefficient (Wildman–Crippen LogP) is 4.68. The fourth-order valence-electron chi connectivity index (χ4n) is 3.03. The van der Waals surface area contributed by atoms with Gasteiger partial charge in [-0.1, -0.05) is 41.9 Å². The van der Waals surface area contributed by atoms with Crippen molar-refractivity contribution >= 4 is 11.6 Å². The molecular weight excluding hydrogens is 349 g/mol. The minimum Gasteiger partial charge on any atom is -0.297 e. The van der Waals surface area contributed by atoms with Crippen molar-refractivity contribution in [3.63, 3.8) is 0 Å². The standard InChI is InChI=1S/C19H20ClF3N2/c20-18-4-2-1-3-16(18)14-25-11-9-24(10-12-25)13-15-5-7-17(8-6-15)19(21,22)23/h1-8H,9-14H2. The molecule has 0 aromatic heterocycles.